The van der Waals surface area contributed by atoms with Gasteiger partial charge < -0.3 is 4.74 Å². The molecule has 2 heterocycles. The van der Waals surface area contributed by atoms with E-state index in [0.29, 0.717) is 17.9 Å². The molecule has 6 heteroatoms. The highest BCUT2D eigenvalue weighted by Crippen LogP contribution is 2.02. The summed E-state index contributed by atoms with van der Waals surface area (Å²) in [5, 5.41) is 2.81. The van der Waals surface area contributed by atoms with Gasteiger partial charge in [-0.15, -0.1) is 0 Å². The molecular formula is C12H13N3O3. The van der Waals surface area contributed by atoms with Crippen LogP contribution in [0.1, 0.15) is 12.5 Å². The summed E-state index contributed by atoms with van der Waals surface area (Å²) >= 11 is 0. The third-order valence-corrected chi connectivity index (χ3v) is 2.41. The molecule has 0 unspecified atom stereocenters. The molecule has 2 rings (SSSR count). The van der Waals surface area contributed by atoms with E-state index < -0.39 is 5.97 Å². The lowest BCUT2D eigenvalue weighted by Gasteiger charge is -1.99. The lowest BCUT2D eigenvalue weighted by molar-refractivity contribution is -0.142. The molecule has 18 heavy (non-hydrogen) atoms. The zero-order chi connectivity index (χ0) is 13.0. The van der Waals surface area contributed by atoms with Crippen LogP contribution >= 0.6 is 0 Å². The van der Waals surface area contributed by atoms with E-state index in [-0.39, 0.29) is 12.0 Å². The van der Waals surface area contributed by atoms with Crippen molar-refractivity contribution in [3.8, 4) is 5.69 Å². The van der Waals surface area contributed by atoms with Gasteiger partial charge in [0, 0.05) is 24.2 Å². The van der Waals surface area contributed by atoms with Crippen LogP contribution in [0.3, 0.4) is 0 Å². The van der Waals surface area contributed by atoms with E-state index in [1.54, 1.807) is 31.5 Å². The highest BCUT2D eigenvalue weighted by atomic mass is 16.5. The van der Waals surface area contributed by atoms with Crippen LogP contribution in [0.5, 0.6) is 0 Å². The topological polar surface area (TPSA) is 77.0 Å². The first kappa shape index (κ1) is 12.1. The van der Waals surface area contributed by atoms with Gasteiger partial charge in [0.05, 0.1) is 18.7 Å². The number of nitrogens with one attached hydrogen (secondary N) is 1. The summed E-state index contributed by atoms with van der Waals surface area (Å²) in [7, 11) is 0. The van der Waals surface area contributed by atoms with Crippen molar-refractivity contribution in [3.05, 3.63) is 46.6 Å². The van der Waals surface area contributed by atoms with Crippen LogP contribution in [0.25, 0.3) is 5.69 Å². The average molecular weight is 247 g/mol. The van der Waals surface area contributed by atoms with E-state index >= 15 is 0 Å². The molecule has 0 saturated heterocycles. The largest absolute Gasteiger partial charge is 0.466 e. The number of hydrogen-bond donors (Lipinski definition) is 1. The van der Waals surface area contributed by atoms with Crippen molar-refractivity contribution >= 4 is 5.97 Å². The average Bonchev–Trinajstić information content (AvgIpc) is 2.72. The summed E-state index contributed by atoms with van der Waals surface area (Å²) in [6.45, 7) is 2.03. The zero-order valence-corrected chi connectivity index (χ0v) is 9.92. The number of aromatic nitrogens is 3. The first-order valence-electron chi connectivity index (χ1n) is 5.57. The number of carbonyl (C=O) groups excluding carboxylic acids is 1. The maximum absolute atomic E-state index is 12.0. The molecular weight excluding hydrogens is 234 g/mol. The van der Waals surface area contributed by atoms with E-state index in [4.69, 9.17) is 4.74 Å². The Kier molecular flexibility index (Phi) is 3.57. The smallest absolute Gasteiger partial charge is 0.310 e. The molecule has 0 bridgehead atoms. The fourth-order valence-corrected chi connectivity index (χ4v) is 1.59. The summed E-state index contributed by atoms with van der Waals surface area (Å²) in [6.07, 6.45) is 4.67. The van der Waals surface area contributed by atoms with Gasteiger partial charge in [0.1, 0.15) is 0 Å². The molecule has 0 atom stereocenters. The summed E-state index contributed by atoms with van der Waals surface area (Å²) < 4.78 is 6.16. The van der Waals surface area contributed by atoms with Gasteiger partial charge in [-0.3, -0.25) is 19.7 Å². The van der Waals surface area contributed by atoms with Crippen LogP contribution in [0.4, 0.5) is 0 Å². The molecule has 2 aromatic rings. The number of nitrogens with zero attached hydrogens (tertiary/aromatic N) is 2. The molecule has 0 fully saturated rings. The molecule has 0 aromatic carbocycles. The number of rotatable bonds is 4. The molecule has 0 spiro atoms. The normalized spacial score (nSPS) is 10.3. The van der Waals surface area contributed by atoms with Gasteiger partial charge in [0.15, 0.2) is 0 Å². The van der Waals surface area contributed by atoms with Crippen LogP contribution in [0.15, 0.2) is 35.5 Å². The SMILES string of the molecule is CCOC(=O)Cc1c[nH]n(-c2ccncc2)c1=O. The first-order valence-corrected chi connectivity index (χ1v) is 5.57. The molecule has 0 amide bonds. The van der Waals surface area contributed by atoms with E-state index in [1.807, 2.05) is 0 Å². The van der Waals surface area contributed by atoms with Crippen molar-refractivity contribution in [1.29, 1.82) is 0 Å². The number of ether oxygens (including phenoxy) is 1. The first-order chi connectivity index (χ1) is 8.72. The van der Waals surface area contributed by atoms with Crippen LogP contribution in [-0.4, -0.2) is 27.3 Å². The minimum absolute atomic E-state index is 0.0265. The molecule has 0 radical (unpaired) electrons. The van der Waals surface area contributed by atoms with Crippen LogP contribution in [0, 0.1) is 0 Å². The lowest BCUT2D eigenvalue weighted by atomic mass is 10.2. The fraction of sp³-hybridized carbons (Fsp3) is 0.250. The van der Waals surface area contributed by atoms with Crippen molar-refractivity contribution in [2.45, 2.75) is 13.3 Å². The van der Waals surface area contributed by atoms with Crippen molar-refractivity contribution in [2.24, 2.45) is 0 Å². The molecule has 0 saturated carbocycles. The summed E-state index contributed by atoms with van der Waals surface area (Å²) in [5.74, 6) is -0.407. The molecule has 2 aromatic heterocycles. The Labute approximate surface area is 103 Å². The van der Waals surface area contributed by atoms with Gasteiger partial charge >= 0.3 is 5.97 Å². The van der Waals surface area contributed by atoms with Gasteiger partial charge in [-0.25, -0.2) is 4.68 Å². The van der Waals surface area contributed by atoms with Gasteiger partial charge in [0.2, 0.25) is 0 Å². The predicted octanol–water partition coefficient (Wildman–Crippen LogP) is 0.666. The van der Waals surface area contributed by atoms with Crippen molar-refractivity contribution in [2.75, 3.05) is 6.61 Å². The van der Waals surface area contributed by atoms with Crippen molar-refractivity contribution in [3.63, 3.8) is 0 Å². The number of esters is 1. The van der Waals surface area contributed by atoms with Crippen LogP contribution in [0.2, 0.25) is 0 Å². The minimum atomic E-state index is -0.407. The van der Waals surface area contributed by atoms with E-state index in [2.05, 4.69) is 10.1 Å². The van der Waals surface area contributed by atoms with Crippen molar-refractivity contribution in [1.82, 2.24) is 14.8 Å². The lowest BCUT2D eigenvalue weighted by Crippen LogP contribution is -2.20. The highest BCUT2D eigenvalue weighted by molar-refractivity contribution is 5.72. The van der Waals surface area contributed by atoms with Crippen molar-refractivity contribution < 1.29 is 9.53 Å². The zero-order valence-electron chi connectivity index (χ0n) is 9.92. The molecule has 1 N–H and O–H groups in total. The third kappa shape index (κ3) is 2.48. The van der Waals surface area contributed by atoms with Gasteiger partial charge in [-0.2, -0.15) is 0 Å². The van der Waals surface area contributed by atoms with Gasteiger partial charge in [-0.1, -0.05) is 0 Å². The van der Waals surface area contributed by atoms with E-state index in [9.17, 15) is 9.59 Å². The second kappa shape index (κ2) is 5.31. The van der Waals surface area contributed by atoms with E-state index in [1.165, 1.54) is 10.9 Å². The number of H-pyrrole nitrogens is 1. The Balaban J connectivity index is 2.25. The Morgan fingerprint density at radius 1 is 1.44 bits per heavy atom. The second-order valence-electron chi connectivity index (χ2n) is 3.63. The summed E-state index contributed by atoms with van der Waals surface area (Å²) in [6, 6.07) is 3.40. The number of pyridine rings is 1. The molecule has 0 aliphatic rings. The standard InChI is InChI=1S/C12H13N3O3/c1-2-18-11(16)7-9-8-14-15(12(9)17)10-3-5-13-6-4-10/h3-6,8,14H,2,7H2,1H3. The number of hydrogen-bond acceptors (Lipinski definition) is 4. The number of aromatic amines is 1. The fourth-order valence-electron chi connectivity index (χ4n) is 1.59. The monoisotopic (exact) mass is 247 g/mol. The predicted molar refractivity (Wildman–Crippen MR) is 64.5 cm³/mol. The maximum atomic E-state index is 12.0. The third-order valence-electron chi connectivity index (χ3n) is 2.41. The minimum Gasteiger partial charge on any atom is -0.466 e. The molecule has 0 aliphatic heterocycles. The Bertz CT molecular complexity index is 586. The van der Waals surface area contributed by atoms with Crippen LogP contribution < -0.4 is 5.56 Å². The Morgan fingerprint density at radius 2 is 2.17 bits per heavy atom. The highest BCUT2D eigenvalue weighted by Gasteiger charge is 2.12. The Morgan fingerprint density at radius 3 is 2.83 bits per heavy atom. The van der Waals surface area contributed by atoms with E-state index in [0.717, 1.165) is 0 Å². The summed E-state index contributed by atoms with van der Waals surface area (Å²) in [4.78, 5) is 27.2. The Hall–Kier alpha value is -2.37. The number of carbonyl (C=O) groups is 1. The molecule has 0 aliphatic carbocycles. The van der Waals surface area contributed by atoms with Crippen LogP contribution in [-0.2, 0) is 16.0 Å². The quantitative estimate of drug-likeness (QED) is 0.805. The summed E-state index contributed by atoms with van der Waals surface area (Å²) in [5.41, 5.74) is 0.796. The van der Waals surface area contributed by atoms with Gasteiger partial charge in [-0.05, 0) is 19.1 Å². The van der Waals surface area contributed by atoms with Gasteiger partial charge in [0.25, 0.3) is 5.56 Å². The maximum Gasteiger partial charge on any atom is 0.310 e. The second-order valence-corrected chi connectivity index (χ2v) is 3.63. The molecule has 6 nitrogen and oxygen atoms in total. The molecule has 94 valence electrons.